The van der Waals surface area contributed by atoms with E-state index >= 15 is 8.78 Å². The highest BCUT2D eigenvalue weighted by atomic mass is 19.2. The number of halogens is 6. The van der Waals surface area contributed by atoms with Gasteiger partial charge in [-0.3, -0.25) is 4.79 Å². The molecule has 2 aliphatic rings. The monoisotopic (exact) mass is 1320 g/mol. The molecule has 0 radical (unpaired) electrons. The molecule has 0 spiro atoms. The summed E-state index contributed by atoms with van der Waals surface area (Å²) in [5, 5.41) is 24.0. The Kier molecular flexibility index (Phi) is 21.2. The van der Waals surface area contributed by atoms with Gasteiger partial charge in [-0.2, -0.15) is 9.97 Å². The SMILES string of the molecule is Cc1ccc(C(=O)Nc2cccc(-c3ccc(F)cc3)c2)cc1-c1nc(NCCN(C)C)nc2c1CNC(=O)N2c1c(F)cccc1F.Cc1ccc(C(=O)O)cc1-c1nc(NCCN(C)C)nc2c1CNC(=O)N2c1c(F)cccc1F.Nc1cccc(-c2ccc(F)cc2)c1. The van der Waals surface area contributed by atoms with Crippen molar-refractivity contribution in [3.8, 4) is 44.8 Å². The van der Waals surface area contributed by atoms with Crippen molar-refractivity contribution in [2.24, 2.45) is 0 Å². The average molecular weight is 1320 g/mol. The van der Waals surface area contributed by atoms with Crippen LogP contribution in [0.2, 0.25) is 0 Å². The van der Waals surface area contributed by atoms with Crippen LogP contribution >= 0.6 is 0 Å². The predicted octanol–water partition coefficient (Wildman–Crippen LogP) is 14.0. The van der Waals surface area contributed by atoms with Crippen molar-refractivity contribution < 1.29 is 50.6 Å². The van der Waals surface area contributed by atoms with Crippen LogP contribution in [0.4, 0.5) is 82.2 Å². The van der Waals surface area contributed by atoms with Gasteiger partial charge in [-0.15, -0.1) is 0 Å². The molecule has 25 heteroatoms. The molecule has 0 unspecified atom stereocenters. The molecule has 10 aromatic rings. The number of fused-ring (bicyclic) bond motifs is 2. The quantitative estimate of drug-likeness (QED) is 0.0332. The van der Waals surface area contributed by atoms with Gasteiger partial charge in [0.25, 0.3) is 5.91 Å². The van der Waals surface area contributed by atoms with Crippen molar-refractivity contribution in [1.29, 1.82) is 0 Å². The van der Waals surface area contributed by atoms with Crippen molar-refractivity contribution in [2.75, 3.05) is 85.9 Å². The van der Waals surface area contributed by atoms with Crippen LogP contribution < -0.4 is 42.1 Å². The van der Waals surface area contributed by atoms with Gasteiger partial charge in [0.2, 0.25) is 11.9 Å². The number of nitrogen functional groups attached to an aromatic ring is 1. The summed E-state index contributed by atoms with van der Waals surface area (Å²) in [5.41, 5.74) is 13.9. The van der Waals surface area contributed by atoms with Gasteiger partial charge in [0.15, 0.2) is 11.6 Å². The minimum atomic E-state index is -1.11. The van der Waals surface area contributed by atoms with Crippen LogP contribution in [-0.4, -0.2) is 113 Å². The first kappa shape index (κ1) is 68.2. The van der Waals surface area contributed by atoms with E-state index in [1.807, 2.05) is 75.2 Å². The molecular formula is C72H66F6N14O5. The summed E-state index contributed by atoms with van der Waals surface area (Å²) in [6.07, 6.45) is 0. The first-order chi connectivity index (χ1) is 46.5. The number of aryl methyl sites for hydroxylation is 2. The molecule has 2 aromatic heterocycles. The van der Waals surface area contributed by atoms with Crippen molar-refractivity contribution in [1.82, 2.24) is 40.4 Å². The van der Waals surface area contributed by atoms with Crippen LogP contribution in [0.1, 0.15) is 43.0 Å². The van der Waals surface area contributed by atoms with Crippen LogP contribution in [0.15, 0.2) is 170 Å². The number of aromatic nitrogens is 4. The molecule has 0 bridgehead atoms. The van der Waals surface area contributed by atoms with Gasteiger partial charge in [0.1, 0.15) is 46.3 Å². The van der Waals surface area contributed by atoms with Crippen molar-refractivity contribution in [3.05, 3.63) is 238 Å². The van der Waals surface area contributed by atoms with E-state index in [9.17, 15) is 41.8 Å². The van der Waals surface area contributed by atoms with E-state index in [0.29, 0.717) is 76.8 Å². The summed E-state index contributed by atoms with van der Waals surface area (Å²) < 4.78 is 85.7. The van der Waals surface area contributed by atoms with Gasteiger partial charge >= 0.3 is 18.0 Å². The Balaban J connectivity index is 0.000000181. The van der Waals surface area contributed by atoms with Crippen molar-refractivity contribution >= 4 is 70.2 Å². The standard InChI is InChI=1S/C36H32F3N7O2.C24H24F2N6O3.C12H10FN/c1-21-10-11-24(34(47)42-26-7-4-6-23(18-26)22-12-14-25(37)15-13-22)19-27(21)31-28-20-41-36(48)46(32-29(38)8-5-9-30(32)39)33(28)44-35(43-31)40-16-17-45(2)3;1-13-7-8-14(22(33)34)11-15(13)19-16-12-28-24(35)32(20-17(25)5-4-6-18(20)26)21(16)30-23(29-19)27-9-10-31(2)3;13-11-6-4-9(5-7-11)10-2-1-3-12(14)8-10/h4-15,18-19H,16-17,20H2,1-3H3,(H,41,48)(H,42,47)(H,40,43,44);4-8,11H,9-10,12H2,1-3H3,(H,28,35)(H,33,34)(H,27,29,30);1-8H,14H2. The fraction of sp³-hybridized carbons (Fsp3) is 0.167. The first-order valence-corrected chi connectivity index (χ1v) is 30.4. The Morgan fingerprint density at radius 1 is 0.515 bits per heavy atom. The number of nitrogens with one attached hydrogen (secondary N) is 5. The second kappa shape index (κ2) is 30.1. The lowest BCUT2D eigenvalue weighted by Gasteiger charge is -2.31. The molecule has 19 nitrogen and oxygen atoms in total. The number of carbonyl (C=O) groups is 4. The molecule has 2 aliphatic heterocycles. The van der Waals surface area contributed by atoms with E-state index in [0.717, 1.165) is 67.4 Å². The second-order valence-corrected chi connectivity index (χ2v) is 23.0. The van der Waals surface area contributed by atoms with Crippen LogP contribution in [0, 0.1) is 48.8 Å². The number of carboxylic acid groups (broad SMARTS) is 1. The summed E-state index contributed by atoms with van der Waals surface area (Å²) >= 11 is 0. The Hall–Kier alpha value is -11.7. The molecule has 4 heterocycles. The Bertz CT molecular complexity index is 4560. The topological polar surface area (TPSA) is 239 Å². The zero-order chi connectivity index (χ0) is 69.2. The number of aromatic carboxylic acids is 1. The minimum absolute atomic E-state index is 0.00914. The molecular weight excluding hydrogens is 1250 g/mol. The zero-order valence-corrected chi connectivity index (χ0v) is 53.4. The highest BCUT2D eigenvalue weighted by Crippen LogP contribution is 2.42. The second-order valence-electron chi connectivity index (χ2n) is 23.0. The molecule has 0 saturated carbocycles. The minimum Gasteiger partial charge on any atom is -0.478 e. The van der Waals surface area contributed by atoms with E-state index < -0.39 is 52.7 Å². The maximum atomic E-state index is 15.1. The number of nitrogens with two attached hydrogens (primary N) is 1. The number of anilines is 8. The van der Waals surface area contributed by atoms with Crippen LogP contribution in [0.5, 0.6) is 0 Å². The number of benzene rings is 8. The summed E-state index contributed by atoms with van der Waals surface area (Å²) in [5.74, 6) is -5.47. The average Bonchev–Trinajstić information content (AvgIpc) is 0.757. The number of hydrogen-bond acceptors (Lipinski definition) is 13. The third-order valence-electron chi connectivity index (χ3n) is 15.5. The van der Waals surface area contributed by atoms with Gasteiger partial charge in [-0.25, -0.2) is 60.5 Å². The number of likely N-dealkylation sites (N-methyl/N-ethyl adjacent to an activating group) is 2. The zero-order valence-electron chi connectivity index (χ0n) is 53.4. The summed E-state index contributed by atoms with van der Waals surface area (Å²) in [4.78, 5) is 75.2. The molecule has 8 N–H and O–H groups in total. The van der Waals surface area contributed by atoms with Gasteiger partial charge in [0.05, 0.1) is 30.0 Å². The highest BCUT2D eigenvalue weighted by molar-refractivity contribution is 6.06. The van der Waals surface area contributed by atoms with E-state index in [4.69, 9.17) is 10.7 Å². The molecule has 5 amide bonds. The van der Waals surface area contributed by atoms with Gasteiger partial charge in [0, 0.05) is 65.4 Å². The third-order valence-corrected chi connectivity index (χ3v) is 15.5. The number of carboxylic acids is 1. The van der Waals surface area contributed by atoms with Crippen LogP contribution in [-0.2, 0) is 13.1 Å². The first-order valence-electron chi connectivity index (χ1n) is 30.4. The number of urea groups is 2. The fourth-order valence-electron chi connectivity index (χ4n) is 10.5. The summed E-state index contributed by atoms with van der Waals surface area (Å²) in [7, 11) is 7.61. The molecule has 0 aliphatic carbocycles. The van der Waals surface area contributed by atoms with E-state index in [2.05, 4.69) is 41.5 Å². The molecule has 0 saturated heterocycles. The molecule has 0 fully saturated rings. The number of hydrogen-bond donors (Lipinski definition) is 7. The lowest BCUT2D eigenvalue weighted by atomic mass is 9.97. The lowest BCUT2D eigenvalue weighted by molar-refractivity contribution is 0.0696. The van der Waals surface area contributed by atoms with Crippen molar-refractivity contribution in [2.45, 2.75) is 26.9 Å². The van der Waals surface area contributed by atoms with Crippen LogP contribution in [0.3, 0.4) is 0 Å². The lowest BCUT2D eigenvalue weighted by Crippen LogP contribution is -2.43. The van der Waals surface area contributed by atoms with Gasteiger partial charge in [-0.1, -0.05) is 72.8 Å². The third kappa shape index (κ3) is 16.1. The van der Waals surface area contributed by atoms with E-state index in [-0.39, 0.29) is 59.7 Å². The smallest absolute Gasteiger partial charge is 0.335 e. The Morgan fingerprint density at radius 3 is 1.36 bits per heavy atom. The largest absolute Gasteiger partial charge is 0.478 e. The normalized spacial score (nSPS) is 12.3. The Labute approximate surface area is 554 Å². The maximum Gasteiger partial charge on any atom is 0.335 e. The van der Waals surface area contributed by atoms with Gasteiger partial charge < -0.3 is 47.2 Å². The number of nitrogens with zero attached hydrogens (tertiary/aromatic N) is 8. The molecule has 12 rings (SSSR count). The number of rotatable bonds is 17. The molecule has 8 aromatic carbocycles. The maximum absolute atomic E-state index is 15.1. The molecule has 97 heavy (non-hydrogen) atoms. The molecule has 0 atom stereocenters. The van der Waals surface area contributed by atoms with E-state index in [1.54, 1.807) is 73.7 Å². The van der Waals surface area contributed by atoms with Crippen molar-refractivity contribution in [3.63, 3.8) is 0 Å². The fourth-order valence-corrected chi connectivity index (χ4v) is 10.5. The predicted molar refractivity (Wildman–Crippen MR) is 363 cm³/mol. The van der Waals surface area contributed by atoms with Crippen LogP contribution in [0.25, 0.3) is 44.8 Å². The number of carbonyl (C=O) groups excluding carboxylic acids is 3. The Morgan fingerprint density at radius 2 is 0.928 bits per heavy atom. The van der Waals surface area contributed by atoms with Gasteiger partial charge in [-0.05, 0) is 172 Å². The van der Waals surface area contributed by atoms with E-state index in [1.165, 1.54) is 48.5 Å². The summed E-state index contributed by atoms with van der Waals surface area (Å²) in [6.45, 7) is 5.82. The number of para-hydroxylation sites is 2. The summed E-state index contributed by atoms with van der Waals surface area (Å²) in [6, 6.07) is 42.1. The molecule has 496 valence electrons. The highest BCUT2D eigenvalue weighted by Gasteiger charge is 2.36. The number of amides is 5.